The first kappa shape index (κ1) is 23.4. The Bertz CT molecular complexity index is 1100. The molecule has 2 amide bonds. The number of aromatic nitrogens is 3. The molecule has 3 rings (SSSR count). The number of carbonyl (C=O) groups is 2. The lowest BCUT2D eigenvalue weighted by Gasteiger charge is -2.09. The molecule has 0 saturated carbocycles. The van der Waals surface area contributed by atoms with E-state index in [1.54, 1.807) is 11.6 Å². The molecule has 0 atom stereocenters. The molecule has 2 N–H and O–H groups in total. The minimum absolute atomic E-state index is 0.0524. The normalized spacial score (nSPS) is 10.7. The summed E-state index contributed by atoms with van der Waals surface area (Å²) >= 11 is 19.2. The molecule has 2 aromatic carbocycles. The zero-order chi connectivity index (χ0) is 22.5. The molecule has 0 aliphatic heterocycles. The summed E-state index contributed by atoms with van der Waals surface area (Å²) in [6, 6.07) is 10.5. The molecule has 0 saturated heterocycles. The summed E-state index contributed by atoms with van der Waals surface area (Å²) in [5.74, 6) is 0.00589. The van der Waals surface area contributed by atoms with Crippen molar-refractivity contribution in [2.75, 3.05) is 16.4 Å². The quantitative estimate of drug-likeness (QED) is 0.448. The van der Waals surface area contributed by atoms with E-state index in [-0.39, 0.29) is 34.0 Å². The number of benzene rings is 2. The lowest BCUT2D eigenvalue weighted by atomic mass is 10.2. The van der Waals surface area contributed by atoms with Crippen LogP contribution in [0.5, 0.6) is 0 Å². The SMILES string of the molecule is Cc1ccc(NC(=O)Cc2nnc(SCC(=O)Nc3c(Cl)cc(Cl)cc3Cl)n2C)cc1. The fraction of sp³-hybridized carbons (Fsp3) is 0.200. The van der Waals surface area contributed by atoms with Gasteiger partial charge in [-0.3, -0.25) is 9.59 Å². The van der Waals surface area contributed by atoms with E-state index in [0.717, 1.165) is 5.56 Å². The van der Waals surface area contributed by atoms with Crippen LogP contribution in [0.15, 0.2) is 41.6 Å². The van der Waals surface area contributed by atoms with Gasteiger partial charge in [-0.15, -0.1) is 10.2 Å². The monoisotopic (exact) mass is 497 g/mol. The number of aryl methyl sites for hydroxylation is 1. The van der Waals surface area contributed by atoms with Crippen LogP contribution in [0.1, 0.15) is 11.4 Å². The largest absolute Gasteiger partial charge is 0.326 e. The lowest BCUT2D eigenvalue weighted by molar-refractivity contribution is -0.116. The van der Waals surface area contributed by atoms with Crippen molar-refractivity contribution < 1.29 is 9.59 Å². The summed E-state index contributed by atoms with van der Waals surface area (Å²) in [5, 5.41) is 15.0. The maximum Gasteiger partial charge on any atom is 0.234 e. The molecule has 1 heterocycles. The van der Waals surface area contributed by atoms with Crippen molar-refractivity contribution in [1.82, 2.24) is 14.8 Å². The molecule has 0 fully saturated rings. The highest BCUT2D eigenvalue weighted by atomic mass is 35.5. The zero-order valence-corrected chi connectivity index (χ0v) is 19.7. The predicted molar refractivity (Wildman–Crippen MR) is 125 cm³/mol. The smallest absolute Gasteiger partial charge is 0.234 e. The molecule has 1 aromatic heterocycles. The van der Waals surface area contributed by atoms with E-state index in [4.69, 9.17) is 34.8 Å². The Morgan fingerprint density at radius 3 is 2.29 bits per heavy atom. The number of carbonyl (C=O) groups excluding carboxylic acids is 2. The van der Waals surface area contributed by atoms with Gasteiger partial charge >= 0.3 is 0 Å². The molecular weight excluding hydrogens is 481 g/mol. The van der Waals surface area contributed by atoms with E-state index >= 15 is 0 Å². The number of hydrogen-bond donors (Lipinski definition) is 2. The molecule has 162 valence electrons. The van der Waals surface area contributed by atoms with Crippen molar-refractivity contribution in [2.24, 2.45) is 7.05 Å². The van der Waals surface area contributed by atoms with Crippen LogP contribution < -0.4 is 10.6 Å². The van der Waals surface area contributed by atoms with Gasteiger partial charge in [-0.2, -0.15) is 0 Å². The Morgan fingerprint density at radius 1 is 1.00 bits per heavy atom. The Labute approximate surface area is 198 Å². The molecule has 0 radical (unpaired) electrons. The topological polar surface area (TPSA) is 88.9 Å². The molecule has 0 spiro atoms. The third kappa shape index (κ3) is 6.36. The van der Waals surface area contributed by atoms with E-state index in [1.807, 2.05) is 31.2 Å². The van der Waals surface area contributed by atoms with Crippen LogP contribution in [-0.4, -0.2) is 32.3 Å². The van der Waals surface area contributed by atoms with Gasteiger partial charge < -0.3 is 15.2 Å². The fourth-order valence-electron chi connectivity index (χ4n) is 2.58. The molecule has 0 aliphatic carbocycles. The van der Waals surface area contributed by atoms with E-state index in [1.165, 1.54) is 23.9 Å². The van der Waals surface area contributed by atoms with Crippen molar-refractivity contribution >= 4 is 69.8 Å². The number of thioether (sulfide) groups is 1. The van der Waals surface area contributed by atoms with Gasteiger partial charge in [0.05, 0.1) is 27.9 Å². The van der Waals surface area contributed by atoms with Gasteiger partial charge in [0.25, 0.3) is 0 Å². The van der Waals surface area contributed by atoms with E-state index < -0.39 is 0 Å². The van der Waals surface area contributed by atoms with Crippen LogP contribution in [-0.2, 0) is 23.1 Å². The number of nitrogens with one attached hydrogen (secondary N) is 2. The summed E-state index contributed by atoms with van der Waals surface area (Å²) in [7, 11) is 1.74. The van der Waals surface area contributed by atoms with Crippen molar-refractivity contribution in [3.05, 3.63) is 62.9 Å². The number of anilines is 2. The van der Waals surface area contributed by atoms with Gasteiger partial charge in [0.2, 0.25) is 11.8 Å². The Balaban J connectivity index is 1.56. The number of rotatable bonds is 7. The number of nitrogens with zero attached hydrogens (tertiary/aromatic N) is 3. The van der Waals surface area contributed by atoms with Gasteiger partial charge in [0.15, 0.2) is 5.16 Å². The van der Waals surface area contributed by atoms with Gasteiger partial charge in [0, 0.05) is 17.8 Å². The molecule has 0 unspecified atom stereocenters. The van der Waals surface area contributed by atoms with Crippen LogP contribution >= 0.6 is 46.6 Å². The van der Waals surface area contributed by atoms with Crippen molar-refractivity contribution in [3.8, 4) is 0 Å². The fourth-order valence-corrected chi connectivity index (χ4v) is 4.22. The Kier molecular flexibility index (Phi) is 7.83. The summed E-state index contributed by atoms with van der Waals surface area (Å²) in [5.41, 5.74) is 2.12. The average molecular weight is 499 g/mol. The van der Waals surface area contributed by atoms with Crippen molar-refractivity contribution in [2.45, 2.75) is 18.5 Å². The van der Waals surface area contributed by atoms with Crippen molar-refractivity contribution in [1.29, 1.82) is 0 Å². The van der Waals surface area contributed by atoms with E-state index in [0.29, 0.717) is 27.4 Å². The van der Waals surface area contributed by atoms with Crippen LogP contribution in [0.25, 0.3) is 0 Å². The minimum Gasteiger partial charge on any atom is -0.326 e. The molecule has 0 aliphatic rings. The molecule has 7 nitrogen and oxygen atoms in total. The standard InChI is InChI=1S/C20H18Cl3N5O2S/c1-11-3-5-13(6-4-11)24-17(29)9-16-26-27-20(28(16)2)31-10-18(30)25-19-14(22)7-12(21)8-15(19)23/h3-8H,9-10H2,1-2H3,(H,24,29)(H,25,30). The first-order chi connectivity index (χ1) is 14.7. The summed E-state index contributed by atoms with van der Waals surface area (Å²) in [4.78, 5) is 24.6. The maximum absolute atomic E-state index is 12.3. The molecule has 11 heteroatoms. The third-order valence-corrected chi connectivity index (χ3v) is 6.02. The average Bonchev–Trinajstić information content (AvgIpc) is 3.04. The summed E-state index contributed by atoms with van der Waals surface area (Å²) in [6.45, 7) is 1.98. The number of halogens is 3. The van der Waals surface area contributed by atoms with Crippen LogP contribution in [0.2, 0.25) is 15.1 Å². The van der Waals surface area contributed by atoms with Crippen LogP contribution in [0.3, 0.4) is 0 Å². The second kappa shape index (κ2) is 10.4. The van der Waals surface area contributed by atoms with E-state index in [2.05, 4.69) is 20.8 Å². The van der Waals surface area contributed by atoms with Gasteiger partial charge in [-0.25, -0.2) is 0 Å². The Hall–Kier alpha value is -2.26. The Morgan fingerprint density at radius 2 is 1.65 bits per heavy atom. The molecule has 31 heavy (non-hydrogen) atoms. The highest BCUT2D eigenvalue weighted by Crippen LogP contribution is 2.33. The molecular formula is C20H18Cl3N5O2S. The summed E-state index contributed by atoms with van der Waals surface area (Å²) < 4.78 is 1.68. The first-order valence-corrected chi connectivity index (χ1v) is 11.2. The zero-order valence-electron chi connectivity index (χ0n) is 16.6. The van der Waals surface area contributed by atoms with Crippen molar-refractivity contribution in [3.63, 3.8) is 0 Å². The van der Waals surface area contributed by atoms with E-state index in [9.17, 15) is 9.59 Å². The van der Waals surface area contributed by atoms with Crippen LogP contribution in [0.4, 0.5) is 11.4 Å². The highest BCUT2D eigenvalue weighted by Gasteiger charge is 2.16. The highest BCUT2D eigenvalue weighted by molar-refractivity contribution is 7.99. The van der Waals surface area contributed by atoms with Gasteiger partial charge in [-0.05, 0) is 31.2 Å². The third-order valence-electron chi connectivity index (χ3n) is 4.18. The first-order valence-electron chi connectivity index (χ1n) is 9.05. The van der Waals surface area contributed by atoms with Crippen LogP contribution in [0, 0.1) is 6.92 Å². The lowest BCUT2D eigenvalue weighted by Crippen LogP contribution is -2.17. The summed E-state index contributed by atoms with van der Waals surface area (Å²) in [6.07, 6.45) is 0.0557. The van der Waals surface area contributed by atoms with Gasteiger partial charge in [0.1, 0.15) is 5.82 Å². The number of hydrogen-bond acceptors (Lipinski definition) is 5. The predicted octanol–water partition coefficient (Wildman–Crippen LogP) is 5.00. The maximum atomic E-state index is 12.3. The minimum atomic E-state index is -0.321. The second-order valence-electron chi connectivity index (χ2n) is 6.63. The van der Waals surface area contributed by atoms with Gasteiger partial charge in [-0.1, -0.05) is 64.3 Å². The second-order valence-corrected chi connectivity index (χ2v) is 8.82. The number of amides is 2. The molecule has 0 bridgehead atoms. The molecule has 3 aromatic rings.